The van der Waals surface area contributed by atoms with Gasteiger partial charge in [-0.05, 0) is 31.0 Å². The Morgan fingerprint density at radius 3 is 2.50 bits per heavy atom. The summed E-state index contributed by atoms with van der Waals surface area (Å²) in [4.78, 5) is 10.6. The predicted molar refractivity (Wildman–Crippen MR) is 60.2 cm³/mol. The number of carboxylic acids is 1. The summed E-state index contributed by atoms with van der Waals surface area (Å²) in [5, 5.41) is 8.48. The highest BCUT2D eigenvalue weighted by molar-refractivity contribution is 7.91. The maximum absolute atomic E-state index is 11.8. The first-order chi connectivity index (χ1) is 7.33. The second kappa shape index (κ2) is 4.65. The second-order valence-corrected chi connectivity index (χ2v) is 5.81. The fraction of sp³-hybridized carbons (Fsp3) is 0.364. The molecule has 88 valence electrons. The van der Waals surface area contributed by atoms with Gasteiger partial charge in [-0.2, -0.15) is 0 Å². The third-order valence-corrected chi connectivity index (χ3v) is 4.11. The Hall–Kier alpha value is -1.36. The molecule has 0 aromatic heterocycles. The Bertz CT molecular complexity index is 503. The van der Waals surface area contributed by atoms with E-state index in [1.165, 1.54) is 0 Å². The van der Waals surface area contributed by atoms with Gasteiger partial charge in [-0.1, -0.05) is 12.1 Å². The predicted octanol–water partition coefficient (Wildman–Crippen LogP) is 1.55. The standard InChI is InChI=1S/C11H14O4S/c1-8-3-4-9(2)10(7-8)16(14,15)6-5-11(12)13/h3-4,7H,5-6H2,1-2H3,(H,12,13). The second-order valence-electron chi connectivity index (χ2n) is 3.73. The average molecular weight is 242 g/mol. The lowest BCUT2D eigenvalue weighted by Crippen LogP contribution is -2.12. The number of hydrogen-bond donors (Lipinski definition) is 1. The Morgan fingerprint density at radius 1 is 1.31 bits per heavy atom. The number of carbonyl (C=O) groups is 1. The molecule has 1 N–H and O–H groups in total. The van der Waals surface area contributed by atoms with Gasteiger partial charge in [-0.3, -0.25) is 4.79 Å². The molecule has 0 saturated heterocycles. The molecule has 4 nitrogen and oxygen atoms in total. The molecular formula is C11H14O4S. The van der Waals surface area contributed by atoms with Gasteiger partial charge < -0.3 is 5.11 Å². The number of carboxylic acid groups (broad SMARTS) is 1. The molecule has 0 heterocycles. The van der Waals surface area contributed by atoms with Crippen LogP contribution in [0.15, 0.2) is 23.1 Å². The largest absolute Gasteiger partial charge is 0.481 e. The van der Waals surface area contributed by atoms with Gasteiger partial charge in [0.1, 0.15) is 0 Å². The summed E-state index contributed by atoms with van der Waals surface area (Å²) in [7, 11) is -3.49. The van der Waals surface area contributed by atoms with Crippen molar-refractivity contribution in [2.45, 2.75) is 25.2 Å². The highest BCUT2D eigenvalue weighted by Gasteiger charge is 2.18. The molecular weight excluding hydrogens is 228 g/mol. The topological polar surface area (TPSA) is 71.4 Å². The van der Waals surface area contributed by atoms with Gasteiger partial charge in [0, 0.05) is 0 Å². The lowest BCUT2D eigenvalue weighted by molar-refractivity contribution is -0.136. The van der Waals surface area contributed by atoms with Crippen molar-refractivity contribution >= 4 is 15.8 Å². The molecule has 0 bridgehead atoms. The SMILES string of the molecule is Cc1ccc(C)c(S(=O)(=O)CCC(=O)O)c1. The summed E-state index contributed by atoms with van der Waals surface area (Å²) >= 11 is 0. The van der Waals surface area contributed by atoms with E-state index in [4.69, 9.17) is 5.11 Å². The van der Waals surface area contributed by atoms with Crippen LogP contribution in [-0.4, -0.2) is 25.2 Å². The van der Waals surface area contributed by atoms with Crippen molar-refractivity contribution in [1.29, 1.82) is 0 Å². The fourth-order valence-electron chi connectivity index (χ4n) is 1.37. The van der Waals surface area contributed by atoms with E-state index < -0.39 is 15.8 Å². The van der Waals surface area contributed by atoms with Crippen LogP contribution in [0.25, 0.3) is 0 Å². The number of sulfone groups is 1. The molecule has 0 aliphatic carbocycles. The molecule has 0 unspecified atom stereocenters. The Labute approximate surface area is 94.8 Å². The van der Waals surface area contributed by atoms with Crippen LogP contribution in [0.4, 0.5) is 0 Å². The van der Waals surface area contributed by atoms with Crippen LogP contribution in [0.3, 0.4) is 0 Å². The van der Waals surface area contributed by atoms with Crippen LogP contribution in [0, 0.1) is 13.8 Å². The molecule has 1 aromatic rings. The number of hydrogen-bond acceptors (Lipinski definition) is 3. The minimum Gasteiger partial charge on any atom is -0.481 e. The Balaban J connectivity index is 3.07. The lowest BCUT2D eigenvalue weighted by Gasteiger charge is -2.07. The van der Waals surface area contributed by atoms with Gasteiger partial charge in [-0.15, -0.1) is 0 Å². The van der Waals surface area contributed by atoms with E-state index in [9.17, 15) is 13.2 Å². The van der Waals surface area contributed by atoms with E-state index in [0.717, 1.165) is 5.56 Å². The van der Waals surface area contributed by atoms with Crippen molar-refractivity contribution in [1.82, 2.24) is 0 Å². The molecule has 0 aliphatic heterocycles. The molecule has 5 heteroatoms. The van der Waals surface area contributed by atoms with Gasteiger partial charge in [0.2, 0.25) is 0 Å². The van der Waals surface area contributed by atoms with Crippen LogP contribution in [-0.2, 0) is 14.6 Å². The zero-order valence-electron chi connectivity index (χ0n) is 9.23. The van der Waals surface area contributed by atoms with Crippen molar-refractivity contribution in [2.24, 2.45) is 0 Å². The van der Waals surface area contributed by atoms with Gasteiger partial charge >= 0.3 is 5.97 Å². The Morgan fingerprint density at radius 2 is 1.94 bits per heavy atom. The third kappa shape index (κ3) is 3.06. The van der Waals surface area contributed by atoms with Crippen LogP contribution >= 0.6 is 0 Å². The first kappa shape index (κ1) is 12.7. The Kier molecular flexibility index (Phi) is 3.70. The van der Waals surface area contributed by atoms with Gasteiger partial charge in [0.25, 0.3) is 0 Å². The summed E-state index contributed by atoms with van der Waals surface area (Å²) < 4.78 is 23.7. The van der Waals surface area contributed by atoms with Crippen LogP contribution < -0.4 is 0 Å². The van der Waals surface area contributed by atoms with E-state index in [-0.39, 0.29) is 17.1 Å². The molecule has 0 fully saturated rings. The summed E-state index contributed by atoms with van der Waals surface area (Å²) in [5.74, 6) is -1.46. The van der Waals surface area contributed by atoms with E-state index >= 15 is 0 Å². The minimum atomic E-state index is -3.49. The molecule has 0 aliphatic rings. The molecule has 0 atom stereocenters. The number of rotatable bonds is 4. The molecule has 16 heavy (non-hydrogen) atoms. The highest BCUT2D eigenvalue weighted by atomic mass is 32.2. The van der Waals surface area contributed by atoms with Gasteiger partial charge in [0.05, 0.1) is 17.1 Å². The number of aliphatic carboxylic acids is 1. The molecule has 0 saturated carbocycles. The fourth-order valence-corrected chi connectivity index (χ4v) is 2.96. The number of benzene rings is 1. The quantitative estimate of drug-likeness (QED) is 0.869. The maximum Gasteiger partial charge on any atom is 0.304 e. The monoisotopic (exact) mass is 242 g/mol. The van der Waals surface area contributed by atoms with Crippen LogP contribution in [0.5, 0.6) is 0 Å². The van der Waals surface area contributed by atoms with E-state index in [1.807, 2.05) is 6.07 Å². The van der Waals surface area contributed by atoms with Crippen molar-refractivity contribution in [3.05, 3.63) is 29.3 Å². The summed E-state index contributed by atoms with van der Waals surface area (Å²) in [5.41, 5.74) is 1.50. The first-order valence-electron chi connectivity index (χ1n) is 4.85. The molecule has 1 aromatic carbocycles. The van der Waals surface area contributed by atoms with Crippen molar-refractivity contribution < 1.29 is 18.3 Å². The zero-order valence-corrected chi connectivity index (χ0v) is 10.0. The summed E-state index contributed by atoms with van der Waals surface area (Å²) in [6.07, 6.45) is -0.365. The summed E-state index contributed by atoms with van der Waals surface area (Å²) in [6, 6.07) is 5.13. The molecule has 1 rings (SSSR count). The zero-order chi connectivity index (χ0) is 12.3. The highest BCUT2D eigenvalue weighted by Crippen LogP contribution is 2.18. The van der Waals surface area contributed by atoms with Crippen molar-refractivity contribution in [3.8, 4) is 0 Å². The third-order valence-electron chi connectivity index (χ3n) is 2.26. The molecule has 0 spiro atoms. The van der Waals surface area contributed by atoms with Crippen molar-refractivity contribution in [2.75, 3.05) is 5.75 Å². The lowest BCUT2D eigenvalue weighted by atomic mass is 10.2. The average Bonchev–Trinajstić information content (AvgIpc) is 2.19. The van der Waals surface area contributed by atoms with Gasteiger partial charge in [0.15, 0.2) is 9.84 Å². The van der Waals surface area contributed by atoms with Crippen LogP contribution in [0.1, 0.15) is 17.5 Å². The van der Waals surface area contributed by atoms with E-state index in [2.05, 4.69) is 0 Å². The van der Waals surface area contributed by atoms with E-state index in [1.54, 1.807) is 26.0 Å². The van der Waals surface area contributed by atoms with E-state index in [0.29, 0.717) is 5.56 Å². The molecule has 0 amide bonds. The van der Waals surface area contributed by atoms with Crippen LogP contribution in [0.2, 0.25) is 0 Å². The maximum atomic E-state index is 11.8. The van der Waals surface area contributed by atoms with Crippen molar-refractivity contribution in [3.63, 3.8) is 0 Å². The van der Waals surface area contributed by atoms with Gasteiger partial charge in [-0.25, -0.2) is 8.42 Å². The normalized spacial score (nSPS) is 11.4. The minimum absolute atomic E-state index is 0.230. The summed E-state index contributed by atoms with van der Waals surface area (Å²) in [6.45, 7) is 3.50. The molecule has 0 radical (unpaired) electrons. The first-order valence-corrected chi connectivity index (χ1v) is 6.50. The smallest absolute Gasteiger partial charge is 0.304 e. The number of aryl methyl sites for hydroxylation is 2.